The zero-order valence-corrected chi connectivity index (χ0v) is 20.1. The van der Waals surface area contributed by atoms with E-state index in [9.17, 15) is 13.6 Å². The smallest absolute Gasteiger partial charge is 0.234 e. The van der Waals surface area contributed by atoms with E-state index in [4.69, 9.17) is 4.74 Å². The number of halogens is 3. The highest BCUT2D eigenvalue weighted by Gasteiger charge is 2.16. The summed E-state index contributed by atoms with van der Waals surface area (Å²) in [4.78, 5) is 12.3. The third-order valence-corrected chi connectivity index (χ3v) is 6.33. The average Bonchev–Trinajstić information content (AvgIpc) is 3.17. The van der Waals surface area contributed by atoms with E-state index < -0.39 is 17.5 Å². The molecule has 1 aromatic heterocycles. The van der Waals surface area contributed by atoms with E-state index in [0.29, 0.717) is 11.7 Å². The summed E-state index contributed by atoms with van der Waals surface area (Å²) in [5.74, 6) is -0.278. The maximum atomic E-state index is 13.9. The lowest BCUT2D eigenvalue weighted by Gasteiger charge is -2.10. The highest BCUT2D eigenvalue weighted by Crippen LogP contribution is 2.27. The van der Waals surface area contributed by atoms with Crippen LogP contribution in [0.15, 0.2) is 46.0 Å². The van der Waals surface area contributed by atoms with Gasteiger partial charge < -0.3 is 14.6 Å². The first-order valence-corrected chi connectivity index (χ1v) is 11.8. The van der Waals surface area contributed by atoms with Crippen molar-refractivity contribution < 1.29 is 18.3 Å². The minimum Gasteiger partial charge on any atom is -0.497 e. The largest absolute Gasteiger partial charge is 0.497 e. The lowest BCUT2D eigenvalue weighted by atomic mass is 10.1. The molecule has 0 bridgehead atoms. The summed E-state index contributed by atoms with van der Waals surface area (Å²) in [7, 11) is 1.64. The van der Waals surface area contributed by atoms with Crippen LogP contribution in [0.25, 0.3) is 0 Å². The molecular formula is C22H23BrF2N4O2S. The number of hydrogen-bond donors (Lipinski definition) is 1. The van der Waals surface area contributed by atoms with Crippen LogP contribution in [0, 0.1) is 11.6 Å². The van der Waals surface area contributed by atoms with Crippen LogP contribution < -0.4 is 10.1 Å². The number of methoxy groups -OCH3 is 1. The normalized spacial score (nSPS) is 10.9. The molecule has 0 aliphatic carbocycles. The van der Waals surface area contributed by atoms with Gasteiger partial charge in [-0.05, 0) is 59.5 Å². The Bertz CT molecular complexity index is 1050. The molecule has 6 nitrogen and oxygen atoms in total. The third kappa shape index (κ3) is 6.29. The van der Waals surface area contributed by atoms with Gasteiger partial charge in [0.2, 0.25) is 5.91 Å². The molecule has 0 radical (unpaired) electrons. The Hall–Kier alpha value is -2.46. The summed E-state index contributed by atoms with van der Waals surface area (Å²) in [5, 5.41) is 11.6. The molecule has 170 valence electrons. The zero-order valence-electron chi connectivity index (χ0n) is 17.7. The van der Waals surface area contributed by atoms with E-state index in [0.717, 1.165) is 43.0 Å². The van der Waals surface area contributed by atoms with Crippen LogP contribution in [0.1, 0.15) is 24.7 Å². The number of nitrogens with zero attached hydrogens (tertiary/aromatic N) is 3. The van der Waals surface area contributed by atoms with E-state index in [2.05, 4.69) is 31.4 Å². The number of hydrogen-bond acceptors (Lipinski definition) is 5. The van der Waals surface area contributed by atoms with Crippen LogP contribution >= 0.6 is 27.7 Å². The Balaban J connectivity index is 1.54. The lowest BCUT2D eigenvalue weighted by Crippen LogP contribution is -2.16. The first-order valence-electron chi connectivity index (χ1n) is 10.0. The molecular weight excluding hydrogens is 502 g/mol. The van der Waals surface area contributed by atoms with Crippen molar-refractivity contribution >= 4 is 39.3 Å². The quantitative estimate of drug-likeness (QED) is 0.366. The molecule has 1 heterocycles. The topological polar surface area (TPSA) is 69.0 Å². The predicted octanol–water partition coefficient (Wildman–Crippen LogP) is 5.25. The second kappa shape index (κ2) is 11.4. The van der Waals surface area contributed by atoms with Gasteiger partial charge in [0.05, 0.1) is 18.6 Å². The van der Waals surface area contributed by atoms with E-state index in [1.165, 1.54) is 17.3 Å². The molecule has 0 spiro atoms. The molecule has 0 unspecified atom stereocenters. The van der Waals surface area contributed by atoms with Gasteiger partial charge in [0.1, 0.15) is 17.4 Å². The van der Waals surface area contributed by atoms with Crippen molar-refractivity contribution in [1.29, 1.82) is 0 Å². The van der Waals surface area contributed by atoms with Crippen molar-refractivity contribution in [2.24, 2.45) is 0 Å². The Morgan fingerprint density at radius 3 is 2.59 bits per heavy atom. The van der Waals surface area contributed by atoms with Crippen molar-refractivity contribution in [2.75, 3.05) is 18.2 Å². The molecule has 32 heavy (non-hydrogen) atoms. The number of carbonyl (C=O) groups is 1. The van der Waals surface area contributed by atoms with Gasteiger partial charge in [-0.3, -0.25) is 4.79 Å². The van der Waals surface area contributed by atoms with Crippen LogP contribution in [-0.2, 0) is 24.2 Å². The van der Waals surface area contributed by atoms with Crippen LogP contribution in [0.3, 0.4) is 0 Å². The fourth-order valence-corrected chi connectivity index (χ4v) is 4.47. The predicted molar refractivity (Wildman–Crippen MR) is 124 cm³/mol. The number of aromatic nitrogens is 3. The van der Waals surface area contributed by atoms with Crippen molar-refractivity contribution in [3.05, 3.63) is 63.9 Å². The number of carbonyl (C=O) groups excluding carboxylic acids is 1. The maximum Gasteiger partial charge on any atom is 0.234 e. The van der Waals surface area contributed by atoms with Gasteiger partial charge in [0.15, 0.2) is 11.0 Å². The molecule has 0 fully saturated rings. The lowest BCUT2D eigenvalue weighted by molar-refractivity contribution is -0.113. The number of ether oxygens (including phenoxy) is 1. The zero-order chi connectivity index (χ0) is 23.1. The van der Waals surface area contributed by atoms with E-state index in [-0.39, 0.29) is 15.9 Å². The molecule has 0 aliphatic rings. The second-order valence-corrected chi connectivity index (χ2v) is 8.72. The van der Waals surface area contributed by atoms with Crippen LogP contribution in [0.2, 0.25) is 0 Å². The van der Waals surface area contributed by atoms with Crippen molar-refractivity contribution in [3.8, 4) is 5.75 Å². The summed E-state index contributed by atoms with van der Waals surface area (Å²) in [6.07, 6.45) is 2.57. The molecule has 0 atom stereocenters. The van der Waals surface area contributed by atoms with Crippen LogP contribution in [-0.4, -0.2) is 33.5 Å². The SMILES string of the molecule is CCn1c(CCCc2ccc(OC)cc2)nnc1SCC(=O)Nc1c(F)cc(F)cc1Br. The highest BCUT2D eigenvalue weighted by atomic mass is 79.9. The summed E-state index contributed by atoms with van der Waals surface area (Å²) in [5.41, 5.74) is 1.13. The molecule has 0 saturated carbocycles. The van der Waals surface area contributed by atoms with Gasteiger partial charge in [0.25, 0.3) is 0 Å². The van der Waals surface area contributed by atoms with E-state index >= 15 is 0 Å². The van der Waals surface area contributed by atoms with Crippen LogP contribution in [0.5, 0.6) is 5.75 Å². The molecule has 0 aliphatic heterocycles. The molecule has 2 aromatic carbocycles. The summed E-state index contributed by atoms with van der Waals surface area (Å²) < 4.78 is 34.4. The minimum absolute atomic E-state index is 0.0211. The molecule has 3 rings (SSSR count). The molecule has 1 amide bonds. The fourth-order valence-electron chi connectivity index (χ4n) is 3.14. The van der Waals surface area contributed by atoms with Crippen molar-refractivity contribution in [3.63, 3.8) is 0 Å². The average molecular weight is 525 g/mol. The fraction of sp³-hybridized carbons (Fsp3) is 0.318. The highest BCUT2D eigenvalue weighted by molar-refractivity contribution is 9.10. The number of benzene rings is 2. The van der Waals surface area contributed by atoms with Crippen molar-refractivity contribution in [2.45, 2.75) is 37.9 Å². The van der Waals surface area contributed by atoms with Gasteiger partial charge >= 0.3 is 0 Å². The van der Waals surface area contributed by atoms with E-state index in [1.54, 1.807) is 7.11 Å². The summed E-state index contributed by atoms with van der Waals surface area (Å²) in [6.45, 7) is 2.67. The van der Waals surface area contributed by atoms with Gasteiger partial charge in [0, 0.05) is 23.5 Å². The van der Waals surface area contributed by atoms with E-state index in [1.807, 2.05) is 35.8 Å². The summed E-state index contributed by atoms with van der Waals surface area (Å²) in [6, 6.07) is 9.80. The number of aryl methyl sites for hydroxylation is 2. The molecule has 1 N–H and O–H groups in total. The Morgan fingerprint density at radius 1 is 1.19 bits per heavy atom. The van der Waals surface area contributed by atoms with Crippen molar-refractivity contribution in [1.82, 2.24) is 14.8 Å². The van der Waals surface area contributed by atoms with Gasteiger partial charge in [-0.25, -0.2) is 8.78 Å². The number of thioether (sulfide) groups is 1. The number of amides is 1. The Kier molecular flexibility index (Phi) is 8.63. The molecule has 10 heteroatoms. The Morgan fingerprint density at radius 2 is 1.94 bits per heavy atom. The summed E-state index contributed by atoms with van der Waals surface area (Å²) >= 11 is 4.28. The monoisotopic (exact) mass is 524 g/mol. The second-order valence-electron chi connectivity index (χ2n) is 6.93. The standard InChI is InChI=1S/C22H23BrF2N4O2S/c1-3-29-19(6-4-5-14-7-9-16(31-2)10-8-14)27-28-22(29)32-13-20(30)26-21-17(23)11-15(24)12-18(21)25/h7-12H,3-6,13H2,1-2H3,(H,26,30). The van der Waals surface area contributed by atoms with Gasteiger partial charge in [-0.15, -0.1) is 10.2 Å². The number of nitrogens with one attached hydrogen (secondary N) is 1. The van der Waals surface area contributed by atoms with Crippen LogP contribution in [0.4, 0.5) is 14.5 Å². The minimum atomic E-state index is -0.842. The first-order chi connectivity index (χ1) is 15.4. The maximum absolute atomic E-state index is 13.9. The Labute approximate surface area is 197 Å². The number of anilines is 1. The number of rotatable bonds is 10. The third-order valence-electron chi connectivity index (χ3n) is 4.74. The first kappa shape index (κ1) is 24.2. The molecule has 3 aromatic rings. The van der Waals surface area contributed by atoms with Gasteiger partial charge in [-0.2, -0.15) is 0 Å². The van der Waals surface area contributed by atoms with Gasteiger partial charge in [-0.1, -0.05) is 23.9 Å². The molecule has 0 saturated heterocycles.